The molecule has 0 bridgehead atoms. The van der Waals surface area contributed by atoms with Gasteiger partial charge in [0.15, 0.2) is 0 Å². The molecular weight excluding hydrogens is 438 g/mol. The molecule has 0 fully saturated rings. The molecule has 0 unspecified atom stereocenters. The molecule has 3 N–H and O–H groups in total. The first-order valence-corrected chi connectivity index (χ1v) is 11.1. The molecule has 0 aliphatic carbocycles. The largest absolute Gasteiger partial charge is 0.495 e. The van der Waals surface area contributed by atoms with Gasteiger partial charge in [-0.3, -0.25) is 9.52 Å². The second kappa shape index (κ2) is 8.33. The fourth-order valence-electron chi connectivity index (χ4n) is 3.10. The lowest BCUT2D eigenvalue weighted by atomic mass is 10.2. The van der Waals surface area contributed by atoms with E-state index < -0.39 is 15.9 Å². The lowest BCUT2D eigenvalue weighted by Gasteiger charge is -2.14. The van der Waals surface area contributed by atoms with Crippen LogP contribution in [-0.4, -0.2) is 26.4 Å². The average Bonchev–Trinajstić information content (AvgIpc) is 3.20. The van der Waals surface area contributed by atoms with Crippen LogP contribution in [0.2, 0.25) is 5.02 Å². The Kier molecular flexibility index (Phi) is 5.58. The topological polar surface area (TPSA) is 100 Å². The van der Waals surface area contributed by atoms with Crippen LogP contribution >= 0.6 is 11.6 Å². The molecule has 0 spiro atoms. The fraction of sp³-hybridized carbons (Fsp3) is 0.0455. The van der Waals surface area contributed by atoms with Crippen LogP contribution in [0.5, 0.6) is 5.75 Å². The number of halogens is 1. The minimum absolute atomic E-state index is 0.128. The molecule has 0 saturated heterocycles. The predicted octanol–water partition coefficient (Wildman–Crippen LogP) is 4.88. The van der Waals surface area contributed by atoms with E-state index in [1.165, 1.54) is 19.2 Å². The van der Waals surface area contributed by atoms with Crippen LogP contribution in [0.15, 0.2) is 77.7 Å². The number of anilines is 2. The van der Waals surface area contributed by atoms with Crippen molar-refractivity contribution in [1.82, 2.24) is 4.98 Å². The summed E-state index contributed by atoms with van der Waals surface area (Å²) >= 11 is 6.07. The zero-order valence-corrected chi connectivity index (χ0v) is 17.9. The molecular formula is C22H18ClN3O4S. The first-order valence-electron chi connectivity index (χ1n) is 9.22. The smallest absolute Gasteiger partial charge is 0.272 e. The summed E-state index contributed by atoms with van der Waals surface area (Å²) < 4.78 is 33.6. The van der Waals surface area contributed by atoms with Gasteiger partial charge in [0.2, 0.25) is 0 Å². The van der Waals surface area contributed by atoms with Crippen molar-refractivity contribution in [3.05, 3.63) is 83.5 Å². The van der Waals surface area contributed by atoms with E-state index in [9.17, 15) is 13.2 Å². The van der Waals surface area contributed by atoms with Gasteiger partial charge in [-0.15, -0.1) is 0 Å². The predicted molar refractivity (Wildman–Crippen MR) is 122 cm³/mol. The summed E-state index contributed by atoms with van der Waals surface area (Å²) in [4.78, 5) is 15.6. The van der Waals surface area contributed by atoms with E-state index >= 15 is 0 Å². The van der Waals surface area contributed by atoms with E-state index in [4.69, 9.17) is 16.3 Å². The van der Waals surface area contributed by atoms with E-state index in [0.29, 0.717) is 11.4 Å². The van der Waals surface area contributed by atoms with Crippen LogP contribution in [0, 0.1) is 0 Å². The third-order valence-corrected chi connectivity index (χ3v) is 6.32. The molecule has 1 aromatic heterocycles. The first-order chi connectivity index (χ1) is 14.9. The Bertz CT molecular complexity index is 1350. The maximum atomic E-state index is 13.0. The number of aromatic amines is 1. The fourth-order valence-corrected chi connectivity index (χ4v) is 4.62. The van der Waals surface area contributed by atoms with Gasteiger partial charge >= 0.3 is 0 Å². The summed E-state index contributed by atoms with van der Waals surface area (Å²) in [5, 5.41) is 3.87. The SMILES string of the molecule is COc1ccc(NC(=O)c2cc3ccccc3[nH]2)cc1S(=O)(=O)Nc1ccccc1Cl. The Morgan fingerprint density at radius 2 is 1.74 bits per heavy atom. The molecule has 158 valence electrons. The summed E-state index contributed by atoms with van der Waals surface area (Å²) in [6.45, 7) is 0. The Hall–Kier alpha value is -3.49. The maximum Gasteiger partial charge on any atom is 0.272 e. The van der Waals surface area contributed by atoms with Gasteiger partial charge in [-0.05, 0) is 42.5 Å². The first kappa shape index (κ1) is 20.8. The highest BCUT2D eigenvalue weighted by molar-refractivity contribution is 7.92. The third kappa shape index (κ3) is 4.35. The van der Waals surface area contributed by atoms with Crippen LogP contribution in [0.3, 0.4) is 0 Å². The Balaban J connectivity index is 1.64. The highest BCUT2D eigenvalue weighted by Crippen LogP contribution is 2.31. The molecule has 0 saturated carbocycles. The molecule has 0 atom stereocenters. The maximum absolute atomic E-state index is 13.0. The average molecular weight is 456 g/mol. The number of H-pyrrole nitrogens is 1. The van der Waals surface area contributed by atoms with Crippen LogP contribution in [0.4, 0.5) is 11.4 Å². The summed E-state index contributed by atoms with van der Waals surface area (Å²) in [6.07, 6.45) is 0. The van der Waals surface area contributed by atoms with Crippen LogP contribution in [0.1, 0.15) is 10.5 Å². The molecule has 7 nitrogen and oxygen atoms in total. The van der Waals surface area contributed by atoms with Crippen LogP contribution < -0.4 is 14.8 Å². The molecule has 0 aliphatic rings. The van der Waals surface area contributed by atoms with Crippen molar-refractivity contribution in [2.24, 2.45) is 0 Å². The lowest BCUT2D eigenvalue weighted by molar-refractivity contribution is 0.102. The minimum Gasteiger partial charge on any atom is -0.495 e. The molecule has 0 aliphatic heterocycles. The van der Waals surface area contributed by atoms with Crippen LogP contribution in [-0.2, 0) is 10.0 Å². The Morgan fingerprint density at radius 3 is 2.48 bits per heavy atom. The summed E-state index contributed by atoms with van der Waals surface area (Å²) in [6, 6.07) is 20.1. The molecule has 31 heavy (non-hydrogen) atoms. The molecule has 4 rings (SSSR count). The highest BCUT2D eigenvalue weighted by atomic mass is 35.5. The highest BCUT2D eigenvalue weighted by Gasteiger charge is 2.22. The van der Waals surface area contributed by atoms with Gasteiger partial charge < -0.3 is 15.0 Å². The van der Waals surface area contributed by atoms with Crippen molar-refractivity contribution in [3.63, 3.8) is 0 Å². The number of ether oxygens (including phenoxy) is 1. The minimum atomic E-state index is -4.04. The normalized spacial score (nSPS) is 11.3. The second-order valence-corrected chi connectivity index (χ2v) is 8.73. The number of aromatic nitrogens is 1. The van der Waals surface area contributed by atoms with Gasteiger partial charge in [0.25, 0.3) is 15.9 Å². The number of carbonyl (C=O) groups excluding carboxylic acids is 1. The van der Waals surface area contributed by atoms with Gasteiger partial charge in [-0.1, -0.05) is 41.9 Å². The van der Waals surface area contributed by atoms with E-state index in [1.54, 1.807) is 36.4 Å². The van der Waals surface area contributed by atoms with Crippen molar-refractivity contribution in [3.8, 4) is 5.75 Å². The van der Waals surface area contributed by atoms with Gasteiger partial charge in [-0.25, -0.2) is 8.42 Å². The van der Waals surface area contributed by atoms with Crippen molar-refractivity contribution in [1.29, 1.82) is 0 Å². The van der Waals surface area contributed by atoms with Gasteiger partial charge in [0.1, 0.15) is 16.3 Å². The van der Waals surface area contributed by atoms with Crippen molar-refractivity contribution in [2.45, 2.75) is 4.90 Å². The standard InChI is InChI=1S/C22H18ClN3O4S/c1-30-20-11-10-15(24-22(27)19-12-14-6-2-4-8-17(14)25-19)13-21(20)31(28,29)26-18-9-5-3-7-16(18)23/h2-13,25-26H,1H3,(H,24,27). The zero-order chi connectivity index (χ0) is 22.0. The van der Waals surface area contributed by atoms with Gasteiger partial charge in [-0.2, -0.15) is 0 Å². The Morgan fingerprint density at radius 1 is 1.00 bits per heavy atom. The molecule has 3 aromatic carbocycles. The molecule has 4 aromatic rings. The Labute approximate surface area is 184 Å². The van der Waals surface area contributed by atoms with E-state index in [2.05, 4.69) is 15.0 Å². The number of hydrogen-bond acceptors (Lipinski definition) is 4. The number of amides is 1. The van der Waals surface area contributed by atoms with Crippen molar-refractivity contribution in [2.75, 3.05) is 17.1 Å². The number of rotatable bonds is 6. The summed E-state index contributed by atoms with van der Waals surface area (Å²) in [5.41, 5.74) is 1.72. The van der Waals surface area contributed by atoms with E-state index in [1.807, 2.05) is 24.3 Å². The number of sulfonamides is 1. The number of methoxy groups -OCH3 is 1. The number of carbonyl (C=O) groups is 1. The third-order valence-electron chi connectivity index (χ3n) is 4.60. The van der Waals surface area contributed by atoms with Gasteiger partial charge in [0.05, 0.1) is 17.8 Å². The summed E-state index contributed by atoms with van der Waals surface area (Å²) in [7, 11) is -2.67. The van der Waals surface area contributed by atoms with Crippen molar-refractivity contribution >= 4 is 49.8 Å². The number of fused-ring (bicyclic) bond motifs is 1. The zero-order valence-electron chi connectivity index (χ0n) is 16.3. The molecule has 1 amide bonds. The molecule has 1 heterocycles. The molecule has 0 radical (unpaired) electrons. The van der Waals surface area contributed by atoms with Crippen molar-refractivity contribution < 1.29 is 17.9 Å². The summed E-state index contributed by atoms with van der Waals surface area (Å²) in [5.74, 6) is -0.271. The number of hydrogen-bond donors (Lipinski definition) is 3. The van der Waals surface area contributed by atoms with Gasteiger partial charge in [0, 0.05) is 16.6 Å². The lowest BCUT2D eigenvalue weighted by Crippen LogP contribution is -2.16. The number of para-hydroxylation sites is 2. The quantitative estimate of drug-likeness (QED) is 0.385. The monoisotopic (exact) mass is 455 g/mol. The van der Waals surface area contributed by atoms with Crippen LogP contribution in [0.25, 0.3) is 10.9 Å². The second-order valence-electron chi connectivity index (χ2n) is 6.68. The number of nitrogens with one attached hydrogen (secondary N) is 3. The van der Waals surface area contributed by atoms with E-state index in [0.717, 1.165) is 10.9 Å². The van der Waals surface area contributed by atoms with E-state index in [-0.39, 0.29) is 21.4 Å². The molecule has 9 heteroatoms. The number of benzene rings is 3.